The zero-order valence-corrected chi connectivity index (χ0v) is 16.2. The molecule has 0 saturated heterocycles. The van der Waals surface area contributed by atoms with Gasteiger partial charge >= 0.3 is 0 Å². The highest BCUT2D eigenvalue weighted by Crippen LogP contribution is 2.49. The van der Waals surface area contributed by atoms with Gasteiger partial charge in [0.15, 0.2) is 5.78 Å². The molecule has 0 radical (unpaired) electrons. The van der Waals surface area contributed by atoms with Crippen LogP contribution in [0.2, 0.25) is 0 Å². The van der Waals surface area contributed by atoms with E-state index in [0.29, 0.717) is 12.3 Å². The van der Waals surface area contributed by atoms with Gasteiger partial charge in [-0.3, -0.25) is 4.79 Å². The first-order chi connectivity index (χ1) is 13.7. The Balaban J connectivity index is 1.74. The summed E-state index contributed by atoms with van der Waals surface area (Å²) in [6, 6.07) is 20.7. The predicted octanol–water partition coefficient (Wildman–Crippen LogP) is 5.77. The van der Waals surface area contributed by atoms with Gasteiger partial charge in [0, 0.05) is 23.2 Å². The van der Waals surface area contributed by atoms with Crippen molar-refractivity contribution in [1.29, 1.82) is 0 Å². The average molecular weight is 369 g/mol. The molecular weight excluding hydrogens is 346 g/mol. The molecule has 3 nitrogen and oxygen atoms in total. The van der Waals surface area contributed by atoms with Gasteiger partial charge in [-0.05, 0) is 52.4 Å². The van der Waals surface area contributed by atoms with E-state index in [1.54, 1.807) is 7.11 Å². The zero-order valence-electron chi connectivity index (χ0n) is 16.2. The van der Waals surface area contributed by atoms with Crippen molar-refractivity contribution >= 4 is 27.8 Å². The Kier molecular flexibility index (Phi) is 3.97. The van der Waals surface area contributed by atoms with Gasteiger partial charge in [0.1, 0.15) is 5.75 Å². The summed E-state index contributed by atoms with van der Waals surface area (Å²) in [7, 11) is 1.67. The molecule has 2 aliphatic rings. The third-order valence-electron chi connectivity index (χ3n) is 5.98. The van der Waals surface area contributed by atoms with E-state index >= 15 is 0 Å². The maximum atomic E-state index is 13.2. The Morgan fingerprint density at radius 3 is 2.54 bits per heavy atom. The molecule has 1 aliphatic heterocycles. The molecule has 2 atom stereocenters. The van der Waals surface area contributed by atoms with E-state index in [1.807, 2.05) is 12.1 Å². The molecule has 28 heavy (non-hydrogen) atoms. The Bertz CT molecular complexity index is 1110. The van der Waals surface area contributed by atoms with E-state index in [9.17, 15) is 4.79 Å². The van der Waals surface area contributed by atoms with Crippen LogP contribution in [0.3, 0.4) is 0 Å². The molecule has 0 fully saturated rings. The van der Waals surface area contributed by atoms with Crippen molar-refractivity contribution < 1.29 is 9.53 Å². The standard InChI is InChI=1S/C25H23NO2/c1-15-13-20-23-19-6-4-3-5-16(19)9-12-21(23)26-25(24(20)22(27)14-15)17-7-10-18(28-2)11-8-17/h3-12,15,25-26H,13-14H2,1-2H3/t15-,25-/m0/s1. The van der Waals surface area contributed by atoms with Gasteiger partial charge in [0.25, 0.3) is 0 Å². The van der Waals surface area contributed by atoms with Gasteiger partial charge in [-0.2, -0.15) is 0 Å². The van der Waals surface area contributed by atoms with Gasteiger partial charge in [-0.25, -0.2) is 0 Å². The normalized spacial score (nSPS) is 21.1. The van der Waals surface area contributed by atoms with E-state index in [4.69, 9.17) is 4.74 Å². The molecule has 3 heteroatoms. The van der Waals surface area contributed by atoms with Gasteiger partial charge in [-0.15, -0.1) is 0 Å². The van der Waals surface area contributed by atoms with Gasteiger partial charge in [0.05, 0.1) is 13.2 Å². The zero-order chi connectivity index (χ0) is 19.3. The minimum absolute atomic E-state index is 0.116. The molecule has 140 valence electrons. The summed E-state index contributed by atoms with van der Waals surface area (Å²) in [4.78, 5) is 13.2. The van der Waals surface area contributed by atoms with Gasteiger partial charge < -0.3 is 10.1 Å². The molecule has 0 unspecified atom stereocenters. The molecule has 0 bridgehead atoms. The van der Waals surface area contributed by atoms with Crippen LogP contribution >= 0.6 is 0 Å². The fourth-order valence-corrected chi connectivity index (χ4v) is 4.69. The number of anilines is 1. The maximum Gasteiger partial charge on any atom is 0.161 e. The number of carbonyl (C=O) groups is 1. The molecule has 0 amide bonds. The maximum absolute atomic E-state index is 13.2. The summed E-state index contributed by atoms with van der Waals surface area (Å²) >= 11 is 0. The van der Waals surface area contributed by atoms with Crippen LogP contribution < -0.4 is 10.1 Å². The van der Waals surface area contributed by atoms with Crippen LogP contribution in [0.15, 0.2) is 66.2 Å². The molecular formula is C25H23NO2. The van der Waals surface area contributed by atoms with Crippen LogP contribution in [0.25, 0.3) is 16.3 Å². The third-order valence-corrected chi connectivity index (χ3v) is 5.98. The smallest absolute Gasteiger partial charge is 0.161 e. The highest BCUT2D eigenvalue weighted by atomic mass is 16.5. The molecule has 3 aromatic rings. The van der Waals surface area contributed by atoms with Crippen molar-refractivity contribution in [3.63, 3.8) is 0 Å². The summed E-state index contributed by atoms with van der Waals surface area (Å²) in [6.07, 6.45) is 1.56. The first-order valence-corrected chi connectivity index (χ1v) is 9.84. The van der Waals surface area contributed by atoms with E-state index in [1.165, 1.54) is 21.9 Å². The number of hydrogen-bond acceptors (Lipinski definition) is 3. The lowest BCUT2D eigenvalue weighted by atomic mass is 9.74. The number of ketones is 1. The van der Waals surface area contributed by atoms with Crippen molar-refractivity contribution in [1.82, 2.24) is 0 Å². The number of methoxy groups -OCH3 is 1. The summed E-state index contributed by atoms with van der Waals surface area (Å²) in [5.41, 5.74) is 5.56. The quantitative estimate of drug-likeness (QED) is 0.623. The fraction of sp³-hybridized carbons (Fsp3) is 0.240. The van der Waals surface area contributed by atoms with Gasteiger partial charge in [0.2, 0.25) is 0 Å². The number of ether oxygens (including phenoxy) is 1. The summed E-state index contributed by atoms with van der Waals surface area (Å²) in [5, 5.41) is 6.10. The van der Waals surface area contributed by atoms with Crippen molar-refractivity contribution in [3.05, 3.63) is 77.4 Å². The largest absolute Gasteiger partial charge is 0.497 e. The number of allylic oxidation sites excluding steroid dienone is 1. The molecule has 0 spiro atoms. The van der Waals surface area contributed by atoms with Gasteiger partial charge in [-0.1, -0.05) is 49.4 Å². The minimum atomic E-state index is -0.116. The third kappa shape index (κ3) is 2.62. The molecule has 1 heterocycles. The molecule has 1 N–H and O–H groups in total. The van der Waals surface area contributed by atoms with Crippen LogP contribution in [0.4, 0.5) is 5.69 Å². The minimum Gasteiger partial charge on any atom is -0.497 e. The fourth-order valence-electron chi connectivity index (χ4n) is 4.69. The Morgan fingerprint density at radius 2 is 1.75 bits per heavy atom. The number of fused-ring (bicyclic) bond motifs is 4. The summed E-state index contributed by atoms with van der Waals surface area (Å²) in [6.45, 7) is 2.18. The SMILES string of the molecule is COc1ccc([C@@H]2Nc3ccc4ccccc4c3C3=C2C(=O)C[C@@H](C)C3)cc1. The number of hydrogen-bond donors (Lipinski definition) is 1. The highest BCUT2D eigenvalue weighted by molar-refractivity contribution is 6.12. The second-order valence-corrected chi connectivity index (χ2v) is 7.89. The monoisotopic (exact) mass is 369 g/mol. The van der Waals surface area contributed by atoms with Crippen molar-refractivity contribution in [2.75, 3.05) is 12.4 Å². The van der Waals surface area contributed by atoms with Crippen molar-refractivity contribution in [2.24, 2.45) is 5.92 Å². The predicted molar refractivity (Wildman–Crippen MR) is 114 cm³/mol. The van der Waals surface area contributed by atoms with E-state index in [2.05, 4.69) is 60.8 Å². The lowest BCUT2D eigenvalue weighted by Gasteiger charge is -2.36. The Labute approximate surface area is 165 Å². The van der Waals surface area contributed by atoms with Crippen LogP contribution in [0.5, 0.6) is 5.75 Å². The van der Waals surface area contributed by atoms with E-state index in [0.717, 1.165) is 29.0 Å². The first kappa shape index (κ1) is 17.1. The van der Waals surface area contributed by atoms with E-state index in [-0.39, 0.29) is 11.8 Å². The van der Waals surface area contributed by atoms with Crippen molar-refractivity contribution in [2.45, 2.75) is 25.8 Å². The number of nitrogens with one attached hydrogen (secondary N) is 1. The summed E-state index contributed by atoms with van der Waals surface area (Å²) < 4.78 is 5.30. The second kappa shape index (κ2) is 6.52. The molecule has 1 aliphatic carbocycles. The lowest BCUT2D eigenvalue weighted by Crippen LogP contribution is -2.29. The first-order valence-electron chi connectivity index (χ1n) is 9.84. The van der Waals surface area contributed by atoms with Crippen LogP contribution in [0.1, 0.15) is 36.9 Å². The Hall–Kier alpha value is -3.07. The van der Waals surface area contributed by atoms with Crippen LogP contribution in [0, 0.1) is 5.92 Å². The second-order valence-electron chi connectivity index (χ2n) is 7.89. The number of carbonyl (C=O) groups excluding carboxylic acids is 1. The average Bonchev–Trinajstić information content (AvgIpc) is 2.72. The molecule has 0 saturated carbocycles. The summed E-state index contributed by atoms with van der Waals surface area (Å²) in [5.74, 6) is 1.46. The molecule has 3 aromatic carbocycles. The van der Waals surface area contributed by atoms with E-state index < -0.39 is 0 Å². The lowest BCUT2D eigenvalue weighted by molar-refractivity contribution is -0.116. The van der Waals surface area contributed by atoms with Crippen LogP contribution in [-0.2, 0) is 4.79 Å². The van der Waals surface area contributed by atoms with Crippen LogP contribution in [-0.4, -0.2) is 12.9 Å². The van der Waals surface area contributed by atoms with Crippen molar-refractivity contribution in [3.8, 4) is 5.75 Å². The molecule has 5 rings (SSSR count). The number of benzene rings is 3. The number of rotatable bonds is 2. The Morgan fingerprint density at radius 1 is 0.964 bits per heavy atom. The highest BCUT2D eigenvalue weighted by Gasteiger charge is 2.36. The number of Topliss-reactive ketones (excluding diaryl/α,β-unsaturated/α-hetero) is 1. The molecule has 0 aromatic heterocycles. The topological polar surface area (TPSA) is 38.3 Å².